The van der Waals surface area contributed by atoms with Gasteiger partial charge in [-0.25, -0.2) is 9.97 Å². The van der Waals surface area contributed by atoms with E-state index in [1.54, 1.807) is 0 Å². The van der Waals surface area contributed by atoms with Gasteiger partial charge in [-0.1, -0.05) is 0 Å². The first-order chi connectivity index (χ1) is 8.78. The lowest BCUT2D eigenvalue weighted by Gasteiger charge is -2.12. The molecule has 0 amide bonds. The van der Waals surface area contributed by atoms with Crippen LogP contribution in [0.1, 0.15) is 24.2 Å². The summed E-state index contributed by atoms with van der Waals surface area (Å²) in [6.45, 7) is 3.03. The van der Waals surface area contributed by atoms with E-state index in [0.29, 0.717) is 11.1 Å². The van der Waals surface area contributed by atoms with E-state index in [1.807, 2.05) is 13.1 Å². The van der Waals surface area contributed by atoms with Crippen molar-refractivity contribution < 1.29 is 0 Å². The summed E-state index contributed by atoms with van der Waals surface area (Å²) in [7, 11) is 0. The van der Waals surface area contributed by atoms with Crippen LogP contribution in [-0.2, 0) is 12.4 Å². The number of aryl methyl sites for hydroxylation is 1. The molecule has 0 spiro atoms. The molecule has 0 aliphatic carbocycles. The molecule has 3 rings (SSSR count). The highest BCUT2D eigenvalue weighted by atomic mass is 35.5. The lowest BCUT2D eigenvalue weighted by atomic mass is 10.2. The largest absolute Gasteiger partial charge is 0.311 e. The molecular weight excluding hydrogens is 266 g/mol. The van der Waals surface area contributed by atoms with E-state index >= 15 is 0 Å². The molecule has 2 aromatic rings. The third-order valence-corrected chi connectivity index (χ3v) is 4.95. The number of aromatic nitrogens is 3. The van der Waals surface area contributed by atoms with Gasteiger partial charge in [0, 0.05) is 18.0 Å². The molecule has 0 N–H and O–H groups in total. The number of hydrogen-bond donors (Lipinski definition) is 0. The van der Waals surface area contributed by atoms with Crippen LogP contribution < -0.4 is 0 Å². The topological polar surface area (TPSA) is 30.7 Å². The molecule has 1 saturated heterocycles. The van der Waals surface area contributed by atoms with Crippen molar-refractivity contribution in [3.8, 4) is 0 Å². The van der Waals surface area contributed by atoms with Crippen molar-refractivity contribution >= 4 is 34.5 Å². The summed E-state index contributed by atoms with van der Waals surface area (Å²) < 4.78 is 2.20. The van der Waals surface area contributed by atoms with Crippen LogP contribution in [0.4, 0.5) is 0 Å². The number of thioether (sulfide) groups is 1. The van der Waals surface area contributed by atoms with Crippen molar-refractivity contribution in [2.75, 3.05) is 5.75 Å². The highest BCUT2D eigenvalue weighted by Gasteiger charge is 2.19. The van der Waals surface area contributed by atoms with Crippen LogP contribution >= 0.6 is 23.4 Å². The minimum Gasteiger partial charge on any atom is -0.311 e. The predicted octanol–water partition coefficient (Wildman–Crippen LogP) is 3.37. The van der Waals surface area contributed by atoms with Crippen LogP contribution in [0.5, 0.6) is 0 Å². The molecule has 3 heterocycles. The summed E-state index contributed by atoms with van der Waals surface area (Å²) in [4.78, 5) is 9.12. The monoisotopic (exact) mass is 281 g/mol. The van der Waals surface area contributed by atoms with E-state index in [9.17, 15) is 0 Å². The van der Waals surface area contributed by atoms with E-state index in [-0.39, 0.29) is 0 Å². The van der Waals surface area contributed by atoms with Crippen LogP contribution in [0.2, 0.25) is 0 Å². The van der Waals surface area contributed by atoms with E-state index in [4.69, 9.17) is 11.6 Å². The molecule has 0 bridgehead atoms. The van der Waals surface area contributed by atoms with Crippen LogP contribution in [0.3, 0.4) is 0 Å². The molecule has 1 fully saturated rings. The molecule has 0 radical (unpaired) electrons. The average molecular weight is 282 g/mol. The van der Waals surface area contributed by atoms with E-state index in [0.717, 1.165) is 29.1 Å². The first-order valence-corrected chi connectivity index (χ1v) is 7.85. The smallest absolute Gasteiger partial charge is 0.160 e. The second-order valence-electron chi connectivity index (χ2n) is 4.76. The lowest BCUT2D eigenvalue weighted by Crippen LogP contribution is -2.12. The highest BCUT2D eigenvalue weighted by Crippen LogP contribution is 2.29. The zero-order chi connectivity index (χ0) is 12.5. The summed E-state index contributed by atoms with van der Waals surface area (Å²) in [6.07, 6.45) is 4.52. The molecule has 1 atom stereocenters. The van der Waals surface area contributed by atoms with E-state index in [1.165, 1.54) is 18.6 Å². The number of alkyl halides is 1. The third kappa shape index (κ3) is 2.24. The van der Waals surface area contributed by atoms with E-state index in [2.05, 4.69) is 32.4 Å². The molecule has 96 valence electrons. The Labute approximate surface area is 116 Å². The van der Waals surface area contributed by atoms with Crippen molar-refractivity contribution in [3.05, 3.63) is 23.7 Å². The van der Waals surface area contributed by atoms with Gasteiger partial charge in [0.25, 0.3) is 0 Å². The molecule has 1 aliphatic rings. The van der Waals surface area contributed by atoms with Crippen LogP contribution in [0.25, 0.3) is 11.2 Å². The van der Waals surface area contributed by atoms with Gasteiger partial charge < -0.3 is 4.57 Å². The Kier molecular flexibility index (Phi) is 3.48. The third-order valence-electron chi connectivity index (χ3n) is 3.33. The number of halogens is 1. The Morgan fingerprint density at radius 3 is 3.17 bits per heavy atom. The van der Waals surface area contributed by atoms with Gasteiger partial charge in [0.2, 0.25) is 0 Å². The fourth-order valence-corrected chi connectivity index (χ4v) is 3.90. The quantitative estimate of drug-likeness (QED) is 0.808. The van der Waals surface area contributed by atoms with Gasteiger partial charge >= 0.3 is 0 Å². The maximum Gasteiger partial charge on any atom is 0.160 e. The fraction of sp³-hybridized carbons (Fsp3) is 0.538. The predicted molar refractivity (Wildman–Crippen MR) is 77.3 cm³/mol. The van der Waals surface area contributed by atoms with Crippen LogP contribution in [0, 0.1) is 6.92 Å². The van der Waals surface area contributed by atoms with Gasteiger partial charge in [-0.15, -0.1) is 11.6 Å². The summed E-state index contributed by atoms with van der Waals surface area (Å²) in [5, 5.41) is 0.687. The second kappa shape index (κ2) is 5.10. The second-order valence-corrected chi connectivity index (χ2v) is 6.44. The number of rotatable bonds is 3. The lowest BCUT2D eigenvalue weighted by molar-refractivity contribution is 0.631. The first-order valence-electron chi connectivity index (χ1n) is 6.27. The van der Waals surface area contributed by atoms with Gasteiger partial charge in [0.1, 0.15) is 11.3 Å². The number of fused-ring (bicyclic) bond motifs is 1. The number of nitrogens with zero attached hydrogens (tertiary/aromatic N) is 3. The Bertz CT molecular complexity index is 561. The maximum absolute atomic E-state index is 6.01. The molecule has 18 heavy (non-hydrogen) atoms. The number of hydrogen-bond acceptors (Lipinski definition) is 3. The van der Waals surface area contributed by atoms with Crippen molar-refractivity contribution in [1.29, 1.82) is 0 Å². The summed E-state index contributed by atoms with van der Waals surface area (Å²) >= 11 is 8.06. The summed E-state index contributed by atoms with van der Waals surface area (Å²) in [5.74, 6) is 2.67. The normalized spacial score (nSPS) is 19.8. The first kappa shape index (κ1) is 12.3. The van der Waals surface area contributed by atoms with Gasteiger partial charge in [0.15, 0.2) is 5.65 Å². The molecular formula is C13H16ClN3S. The molecule has 0 aromatic carbocycles. The molecule has 2 aromatic heterocycles. The van der Waals surface area contributed by atoms with Crippen molar-refractivity contribution in [2.24, 2.45) is 0 Å². The van der Waals surface area contributed by atoms with Crippen molar-refractivity contribution in [1.82, 2.24) is 14.5 Å². The molecule has 1 aliphatic heterocycles. The summed E-state index contributed by atoms with van der Waals surface area (Å²) in [6, 6.07) is 2.08. The van der Waals surface area contributed by atoms with Crippen molar-refractivity contribution in [2.45, 2.75) is 37.4 Å². The standard InChI is InChI=1S/C13H16ClN3S/c1-9-5-11-13(15-7-9)17(12(6-14)16-11)8-10-3-2-4-18-10/h5,7,10H,2-4,6,8H2,1H3. The Morgan fingerprint density at radius 2 is 2.44 bits per heavy atom. The molecule has 3 nitrogen and oxygen atoms in total. The minimum atomic E-state index is 0.451. The van der Waals surface area contributed by atoms with Gasteiger partial charge in [0.05, 0.1) is 5.88 Å². The van der Waals surface area contributed by atoms with Crippen LogP contribution in [-0.4, -0.2) is 25.5 Å². The number of pyridine rings is 1. The van der Waals surface area contributed by atoms with Crippen LogP contribution in [0.15, 0.2) is 12.3 Å². The van der Waals surface area contributed by atoms with Gasteiger partial charge in [-0.3, -0.25) is 0 Å². The average Bonchev–Trinajstić information content (AvgIpc) is 2.97. The molecule has 5 heteroatoms. The number of imidazole rings is 1. The fourth-order valence-electron chi connectivity index (χ4n) is 2.44. The maximum atomic E-state index is 6.01. The van der Waals surface area contributed by atoms with Crippen molar-refractivity contribution in [3.63, 3.8) is 0 Å². The van der Waals surface area contributed by atoms with Gasteiger partial charge in [-0.05, 0) is 37.1 Å². The minimum absolute atomic E-state index is 0.451. The highest BCUT2D eigenvalue weighted by molar-refractivity contribution is 8.00. The molecule has 1 unspecified atom stereocenters. The zero-order valence-corrected chi connectivity index (χ0v) is 12.0. The molecule has 0 saturated carbocycles. The van der Waals surface area contributed by atoms with Gasteiger partial charge in [-0.2, -0.15) is 11.8 Å². The Morgan fingerprint density at radius 1 is 1.56 bits per heavy atom. The van der Waals surface area contributed by atoms with E-state index < -0.39 is 0 Å². The zero-order valence-electron chi connectivity index (χ0n) is 10.4. The SMILES string of the molecule is Cc1cnc2c(c1)nc(CCl)n2CC1CCCS1. The Balaban J connectivity index is 2.01. The Hall–Kier alpha value is -0.740. The summed E-state index contributed by atoms with van der Waals surface area (Å²) in [5.41, 5.74) is 3.08.